The molecule has 0 amide bonds. The van der Waals surface area contributed by atoms with E-state index in [2.05, 4.69) is 13.8 Å². The van der Waals surface area contributed by atoms with Crippen molar-refractivity contribution in [1.82, 2.24) is 0 Å². The van der Waals surface area contributed by atoms with Gasteiger partial charge in [-0.1, -0.05) is 19.9 Å². The standard InChI is InChI=1S/C16H21FO3/c1-10-3-6-14(7-11(10)2)20-9-13-5-4-12(16(18)19)8-15(13)17/h4-5,8,10-11,14H,3,6-7,9H2,1-2H3,(H,18,19). The van der Waals surface area contributed by atoms with Gasteiger partial charge in [0.25, 0.3) is 0 Å². The molecule has 0 radical (unpaired) electrons. The van der Waals surface area contributed by atoms with Gasteiger partial charge in [0, 0.05) is 5.56 Å². The molecule has 2 rings (SSSR count). The summed E-state index contributed by atoms with van der Waals surface area (Å²) in [6.07, 6.45) is 3.35. The molecule has 4 heteroatoms. The fourth-order valence-corrected chi connectivity index (χ4v) is 2.65. The van der Waals surface area contributed by atoms with Crippen LogP contribution in [-0.4, -0.2) is 17.2 Å². The number of carbonyl (C=O) groups is 1. The van der Waals surface area contributed by atoms with Crippen LogP contribution in [0.5, 0.6) is 0 Å². The Morgan fingerprint density at radius 3 is 2.70 bits per heavy atom. The number of carboxylic acid groups (broad SMARTS) is 1. The topological polar surface area (TPSA) is 46.5 Å². The highest BCUT2D eigenvalue weighted by Gasteiger charge is 2.25. The minimum absolute atomic E-state index is 0.0358. The zero-order valence-electron chi connectivity index (χ0n) is 11.9. The van der Waals surface area contributed by atoms with Crippen LogP contribution >= 0.6 is 0 Å². The van der Waals surface area contributed by atoms with Crippen molar-refractivity contribution in [2.45, 2.75) is 45.8 Å². The fourth-order valence-electron chi connectivity index (χ4n) is 2.65. The molecular weight excluding hydrogens is 259 g/mol. The van der Waals surface area contributed by atoms with Crippen LogP contribution in [-0.2, 0) is 11.3 Å². The van der Waals surface area contributed by atoms with Gasteiger partial charge in [0.2, 0.25) is 0 Å². The van der Waals surface area contributed by atoms with Crippen molar-refractivity contribution in [3.05, 3.63) is 35.1 Å². The molecule has 0 spiro atoms. The number of carboxylic acids is 1. The van der Waals surface area contributed by atoms with Crippen molar-refractivity contribution in [2.24, 2.45) is 11.8 Å². The van der Waals surface area contributed by atoms with Crippen LogP contribution in [0.15, 0.2) is 18.2 Å². The Kier molecular flexibility index (Phi) is 4.76. The van der Waals surface area contributed by atoms with Gasteiger partial charge in [0.05, 0.1) is 18.3 Å². The van der Waals surface area contributed by atoms with Gasteiger partial charge in [0.1, 0.15) is 5.82 Å². The van der Waals surface area contributed by atoms with Crippen LogP contribution in [0.25, 0.3) is 0 Å². The lowest BCUT2D eigenvalue weighted by Gasteiger charge is -2.32. The third kappa shape index (κ3) is 3.57. The average Bonchev–Trinajstić information content (AvgIpc) is 2.41. The highest BCUT2D eigenvalue weighted by molar-refractivity contribution is 5.87. The predicted molar refractivity (Wildman–Crippen MR) is 74.1 cm³/mol. The van der Waals surface area contributed by atoms with E-state index in [4.69, 9.17) is 9.84 Å². The highest BCUT2D eigenvalue weighted by Crippen LogP contribution is 2.31. The van der Waals surface area contributed by atoms with E-state index in [-0.39, 0.29) is 18.3 Å². The molecule has 1 N–H and O–H groups in total. The highest BCUT2D eigenvalue weighted by atomic mass is 19.1. The van der Waals surface area contributed by atoms with E-state index < -0.39 is 11.8 Å². The van der Waals surface area contributed by atoms with Gasteiger partial charge >= 0.3 is 5.97 Å². The van der Waals surface area contributed by atoms with E-state index in [9.17, 15) is 9.18 Å². The first-order valence-corrected chi connectivity index (χ1v) is 7.10. The van der Waals surface area contributed by atoms with Gasteiger partial charge in [-0.2, -0.15) is 0 Å². The minimum atomic E-state index is -1.12. The third-order valence-electron chi connectivity index (χ3n) is 4.32. The second-order valence-electron chi connectivity index (χ2n) is 5.81. The van der Waals surface area contributed by atoms with E-state index in [0.717, 1.165) is 31.2 Å². The molecular formula is C16H21FO3. The summed E-state index contributed by atoms with van der Waals surface area (Å²) in [6, 6.07) is 3.95. The van der Waals surface area contributed by atoms with Gasteiger partial charge in [-0.25, -0.2) is 9.18 Å². The molecule has 1 aromatic carbocycles. The van der Waals surface area contributed by atoms with Crippen molar-refractivity contribution < 1.29 is 19.0 Å². The van der Waals surface area contributed by atoms with Crippen molar-refractivity contribution >= 4 is 5.97 Å². The van der Waals surface area contributed by atoms with Crippen LogP contribution in [0.2, 0.25) is 0 Å². The number of aromatic carboxylic acids is 1. The summed E-state index contributed by atoms with van der Waals surface area (Å²) in [4.78, 5) is 10.7. The quantitative estimate of drug-likeness (QED) is 0.910. The number of rotatable bonds is 4. The van der Waals surface area contributed by atoms with Gasteiger partial charge in [-0.05, 0) is 43.2 Å². The van der Waals surface area contributed by atoms with Gasteiger partial charge < -0.3 is 9.84 Å². The van der Waals surface area contributed by atoms with Crippen LogP contribution < -0.4 is 0 Å². The van der Waals surface area contributed by atoms with E-state index >= 15 is 0 Å². The summed E-state index contributed by atoms with van der Waals surface area (Å²) in [5.41, 5.74) is 0.382. The molecule has 110 valence electrons. The molecule has 0 aliphatic heterocycles. The summed E-state index contributed by atoms with van der Waals surface area (Å²) in [5, 5.41) is 8.79. The first kappa shape index (κ1) is 15.0. The van der Waals surface area contributed by atoms with Crippen LogP contribution in [0.1, 0.15) is 49.0 Å². The second-order valence-corrected chi connectivity index (χ2v) is 5.81. The normalized spacial score (nSPS) is 26.4. The molecule has 0 bridgehead atoms. The molecule has 0 saturated heterocycles. The lowest BCUT2D eigenvalue weighted by Crippen LogP contribution is -2.26. The Hall–Kier alpha value is -1.42. The van der Waals surface area contributed by atoms with E-state index in [0.29, 0.717) is 11.5 Å². The summed E-state index contributed by atoms with van der Waals surface area (Å²) >= 11 is 0. The van der Waals surface area contributed by atoms with Crippen molar-refractivity contribution in [2.75, 3.05) is 0 Å². The lowest BCUT2D eigenvalue weighted by atomic mass is 9.80. The molecule has 1 aliphatic carbocycles. The maximum Gasteiger partial charge on any atom is 0.335 e. The van der Waals surface area contributed by atoms with E-state index in [1.165, 1.54) is 12.1 Å². The summed E-state index contributed by atoms with van der Waals surface area (Å²) in [7, 11) is 0. The van der Waals surface area contributed by atoms with Gasteiger partial charge in [-0.15, -0.1) is 0 Å². The summed E-state index contributed by atoms with van der Waals surface area (Å²) < 4.78 is 19.5. The van der Waals surface area contributed by atoms with Crippen LogP contribution in [0.4, 0.5) is 4.39 Å². The molecule has 1 saturated carbocycles. The second kappa shape index (κ2) is 6.35. The SMILES string of the molecule is CC1CCC(OCc2ccc(C(=O)O)cc2F)CC1C. The van der Waals surface area contributed by atoms with E-state index in [1.807, 2.05) is 0 Å². The molecule has 1 fully saturated rings. The van der Waals surface area contributed by atoms with Gasteiger partial charge in [-0.3, -0.25) is 0 Å². The Bertz CT molecular complexity index is 487. The molecule has 0 aromatic heterocycles. The number of hydrogen-bond donors (Lipinski definition) is 1. The summed E-state index contributed by atoms with van der Waals surface area (Å²) in [5.74, 6) is -0.275. The predicted octanol–water partition coefficient (Wildman–Crippen LogP) is 3.87. The zero-order chi connectivity index (χ0) is 14.7. The Morgan fingerprint density at radius 2 is 2.10 bits per heavy atom. The maximum absolute atomic E-state index is 13.8. The van der Waals surface area contributed by atoms with E-state index in [1.54, 1.807) is 0 Å². The monoisotopic (exact) mass is 280 g/mol. The molecule has 3 nitrogen and oxygen atoms in total. The average molecular weight is 280 g/mol. The largest absolute Gasteiger partial charge is 0.478 e. The minimum Gasteiger partial charge on any atom is -0.478 e. The van der Waals surface area contributed by atoms with Crippen LogP contribution in [0.3, 0.4) is 0 Å². The molecule has 20 heavy (non-hydrogen) atoms. The number of benzene rings is 1. The first-order chi connectivity index (χ1) is 9.47. The number of halogens is 1. The number of hydrogen-bond acceptors (Lipinski definition) is 2. The van der Waals surface area contributed by atoms with Crippen molar-refractivity contribution in [1.29, 1.82) is 0 Å². The smallest absolute Gasteiger partial charge is 0.335 e. The summed E-state index contributed by atoms with van der Waals surface area (Å²) in [6.45, 7) is 4.69. The van der Waals surface area contributed by atoms with Gasteiger partial charge in [0.15, 0.2) is 0 Å². The van der Waals surface area contributed by atoms with Crippen molar-refractivity contribution in [3.8, 4) is 0 Å². The zero-order valence-corrected chi connectivity index (χ0v) is 11.9. The Labute approximate surface area is 118 Å². The third-order valence-corrected chi connectivity index (χ3v) is 4.32. The van der Waals surface area contributed by atoms with Crippen LogP contribution in [0, 0.1) is 17.7 Å². The maximum atomic E-state index is 13.8. The fraction of sp³-hybridized carbons (Fsp3) is 0.562. The molecule has 1 aromatic rings. The molecule has 1 aliphatic rings. The first-order valence-electron chi connectivity index (χ1n) is 7.10. The lowest BCUT2D eigenvalue weighted by molar-refractivity contribution is -0.00847. The number of ether oxygens (including phenoxy) is 1. The molecule has 3 atom stereocenters. The molecule has 3 unspecified atom stereocenters. The van der Waals surface area contributed by atoms with Crippen molar-refractivity contribution in [3.63, 3.8) is 0 Å². The Balaban J connectivity index is 1.93. The Morgan fingerprint density at radius 1 is 1.35 bits per heavy atom. The molecule has 0 heterocycles.